The van der Waals surface area contributed by atoms with Gasteiger partial charge in [-0.15, -0.1) is 0 Å². The molecule has 11 heavy (non-hydrogen) atoms. The Morgan fingerprint density at radius 3 is 2.45 bits per heavy atom. The minimum atomic E-state index is 0.149. The molecule has 1 aliphatic carbocycles. The van der Waals surface area contributed by atoms with Gasteiger partial charge in [-0.25, -0.2) is 0 Å². The molecule has 1 amide bonds. The summed E-state index contributed by atoms with van der Waals surface area (Å²) in [5, 5.41) is 3.00. The maximum absolute atomic E-state index is 11.2. The third-order valence-corrected chi connectivity index (χ3v) is 2.46. The van der Waals surface area contributed by atoms with Crippen LogP contribution in [0.3, 0.4) is 0 Å². The predicted octanol–water partition coefficient (Wildman–Crippen LogP) is 0.301. The third-order valence-electron chi connectivity index (χ3n) is 2.46. The standard InChI is InChI=1S/C8H13NO2/c10-8(6-4-11-5-6)9-7-2-1-3-7/h6-7H,1-5H2,(H,9,10). The molecule has 0 aromatic carbocycles. The van der Waals surface area contributed by atoms with Gasteiger partial charge >= 0.3 is 0 Å². The van der Waals surface area contributed by atoms with Gasteiger partial charge in [0.15, 0.2) is 0 Å². The van der Waals surface area contributed by atoms with Crippen LogP contribution in [0.2, 0.25) is 0 Å². The second-order valence-corrected chi connectivity index (χ2v) is 3.37. The van der Waals surface area contributed by atoms with Crippen molar-refractivity contribution in [2.75, 3.05) is 13.2 Å². The van der Waals surface area contributed by atoms with Crippen LogP contribution < -0.4 is 5.32 Å². The van der Waals surface area contributed by atoms with Gasteiger partial charge in [-0.2, -0.15) is 0 Å². The van der Waals surface area contributed by atoms with E-state index < -0.39 is 0 Å². The van der Waals surface area contributed by atoms with Crippen LogP contribution in [-0.2, 0) is 9.53 Å². The summed E-state index contributed by atoms with van der Waals surface area (Å²) in [5.74, 6) is 0.344. The average Bonchev–Trinajstić information content (AvgIpc) is 1.74. The van der Waals surface area contributed by atoms with Crippen molar-refractivity contribution in [1.82, 2.24) is 5.32 Å². The zero-order chi connectivity index (χ0) is 7.68. The topological polar surface area (TPSA) is 38.3 Å². The number of carbonyl (C=O) groups excluding carboxylic acids is 1. The molecule has 0 atom stereocenters. The van der Waals surface area contributed by atoms with Crippen LogP contribution in [0.4, 0.5) is 0 Å². The van der Waals surface area contributed by atoms with Gasteiger partial charge in [-0.1, -0.05) is 0 Å². The van der Waals surface area contributed by atoms with E-state index in [2.05, 4.69) is 5.32 Å². The molecule has 2 aliphatic rings. The Balaban J connectivity index is 1.71. The fourth-order valence-corrected chi connectivity index (χ4v) is 1.26. The van der Waals surface area contributed by atoms with Crippen molar-refractivity contribution in [3.05, 3.63) is 0 Å². The molecule has 0 aromatic heterocycles. The van der Waals surface area contributed by atoms with Crippen molar-refractivity contribution in [1.29, 1.82) is 0 Å². The van der Waals surface area contributed by atoms with Crippen molar-refractivity contribution in [2.45, 2.75) is 25.3 Å². The highest BCUT2D eigenvalue weighted by atomic mass is 16.5. The molecule has 0 spiro atoms. The highest BCUT2D eigenvalue weighted by Crippen LogP contribution is 2.19. The quantitative estimate of drug-likeness (QED) is 0.623. The van der Waals surface area contributed by atoms with E-state index >= 15 is 0 Å². The van der Waals surface area contributed by atoms with Crippen LogP contribution in [0.5, 0.6) is 0 Å². The van der Waals surface area contributed by atoms with Crippen LogP contribution in [0, 0.1) is 5.92 Å². The van der Waals surface area contributed by atoms with E-state index in [-0.39, 0.29) is 11.8 Å². The first-order valence-corrected chi connectivity index (χ1v) is 4.24. The van der Waals surface area contributed by atoms with Gasteiger partial charge in [0, 0.05) is 6.04 Å². The van der Waals surface area contributed by atoms with Gasteiger partial charge in [0.1, 0.15) is 0 Å². The number of carbonyl (C=O) groups is 1. The van der Waals surface area contributed by atoms with Gasteiger partial charge in [-0.05, 0) is 19.3 Å². The van der Waals surface area contributed by atoms with Crippen LogP contribution in [-0.4, -0.2) is 25.2 Å². The van der Waals surface area contributed by atoms with Gasteiger partial charge in [0.2, 0.25) is 5.91 Å². The van der Waals surface area contributed by atoms with Crippen molar-refractivity contribution in [3.63, 3.8) is 0 Å². The number of ether oxygens (including phenoxy) is 1. The van der Waals surface area contributed by atoms with Crippen molar-refractivity contribution >= 4 is 5.91 Å². The molecule has 1 heterocycles. The Morgan fingerprint density at radius 2 is 2.09 bits per heavy atom. The van der Waals surface area contributed by atoms with E-state index in [1.807, 2.05) is 0 Å². The number of hydrogen-bond donors (Lipinski definition) is 1. The van der Waals surface area contributed by atoms with E-state index in [4.69, 9.17) is 4.74 Å². The number of nitrogens with one attached hydrogen (secondary N) is 1. The molecule has 2 rings (SSSR count). The Hall–Kier alpha value is -0.570. The monoisotopic (exact) mass is 155 g/mol. The average molecular weight is 155 g/mol. The molecule has 1 saturated heterocycles. The highest BCUT2D eigenvalue weighted by Gasteiger charge is 2.29. The lowest BCUT2D eigenvalue weighted by molar-refractivity contribution is -0.140. The second-order valence-electron chi connectivity index (χ2n) is 3.37. The summed E-state index contributed by atoms with van der Waals surface area (Å²) in [5.41, 5.74) is 0. The summed E-state index contributed by atoms with van der Waals surface area (Å²) in [6.45, 7) is 1.25. The molecule has 1 aliphatic heterocycles. The van der Waals surface area contributed by atoms with E-state index in [9.17, 15) is 4.79 Å². The Bertz CT molecular complexity index is 161. The minimum absolute atomic E-state index is 0.149. The summed E-state index contributed by atoms with van der Waals surface area (Å²) in [7, 11) is 0. The third kappa shape index (κ3) is 1.38. The zero-order valence-electron chi connectivity index (χ0n) is 6.51. The molecule has 2 fully saturated rings. The van der Waals surface area contributed by atoms with Crippen LogP contribution >= 0.6 is 0 Å². The van der Waals surface area contributed by atoms with E-state index in [1.165, 1.54) is 19.3 Å². The Labute approximate surface area is 66.1 Å². The SMILES string of the molecule is O=C(NC1CCC1)C1COC1. The normalized spacial score (nSPS) is 25.5. The van der Waals surface area contributed by atoms with Crippen LogP contribution in [0.15, 0.2) is 0 Å². The number of amides is 1. The van der Waals surface area contributed by atoms with Crippen LogP contribution in [0.1, 0.15) is 19.3 Å². The lowest BCUT2D eigenvalue weighted by Crippen LogP contribution is -2.48. The summed E-state index contributed by atoms with van der Waals surface area (Å²) in [6.07, 6.45) is 3.60. The molecule has 0 bridgehead atoms. The summed E-state index contributed by atoms with van der Waals surface area (Å²) < 4.78 is 4.93. The van der Waals surface area contributed by atoms with Crippen molar-refractivity contribution in [3.8, 4) is 0 Å². The summed E-state index contributed by atoms with van der Waals surface area (Å²) >= 11 is 0. The molecule has 62 valence electrons. The Morgan fingerprint density at radius 1 is 1.36 bits per heavy atom. The molecule has 1 N–H and O–H groups in total. The van der Waals surface area contributed by atoms with Gasteiger partial charge in [0.05, 0.1) is 19.1 Å². The number of rotatable bonds is 2. The van der Waals surface area contributed by atoms with E-state index in [1.54, 1.807) is 0 Å². The number of hydrogen-bond acceptors (Lipinski definition) is 2. The molecule has 0 radical (unpaired) electrons. The van der Waals surface area contributed by atoms with Gasteiger partial charge < -0.3 is 10.1 Å². The summed E-state index contributed by atoms with van der Waals surface area (Å²) in [6, 6.07) is 0.475. The highest BCUT2D eigenvalue weighted by molar-refractivity contribution is 5.79. The first-order chi connectivity index (χ1) is 5.36. The molecule has 3 heteroatoms. The minimum Gasteiger partial charge on any atom is -0.380 e. The molecular formula is C8H13NO2. The lowest BCUT2D eigenvalue weighted by Gasteiger charge is -2.31. The molecule has 0 unspecified atom stereocenters. The first-order valence-electron chi connectivity index (χ1n) is 4.24. The van der Waals surface area contributed by atoms with Crippen molar-refractivity contribution in [2.24, 2.45) is 5.92 Å². The second kappa shape index (κ2) is 2.81. The lowest BCUT2D eigenvalue weighted by atomic mass is 9.92. The fraction of sp³-hybridized carbons (Fsp3) is 0.875. The zero-order valence-corrected chi connectivity index (χ0v) is 6.51. The first kappa shape index (κ1) is 7.10. The molecular weight excluding hydrogens is 142 g/mol. The van der Waals surface area contributed by atoms with Gasteiger partial charge in [0.25, 0.3) is 0 Å². The van der Waals surface area contributed by atoms with Crippen LogP contribution in [0.25, 0.3) is 0 Å². The molecule has 3 nitrogen and oxygen atoms in total. The summed E-state index contributed by atoms with van der Waals surface area (Å²) in [4.78, 5) is 11.2. The maximum atomic E-state index is 11.2. The predicted molar refractivity (Wildman–Crippen MR) is 40.1 cm³/mol. The van der Waals surface area contributed by atoms with Gasteiger partial charge in [-0.3, -0.25) is 4.79 Å². The molecule has 0 aromatic rings. The Kier molecular flexibility index (Phi) is 1.82. The smallest absolute Gasteiger partial charge is 0.228 e. The van der Waals surface area contributed by atoms with E-state index in [0.29, 0.717) is 19.3 Å². The van der Waals surface area contributed by atoms with Crippen molar-refractivity contribution < 1.29 is 9.53 Å². The van der Waals surface area contributed by atoms with E-state index in [0.717, 1.165) is 0 Å². The largest absolute Gasteiger partial charge is 0.380 e. The fourth-order valence-electron chi connectivity index (χ4n) is 1.26. The maximum Gasteiger partial charge on any atom is 0.228 e. The molecule has 1 saturated carbocycles.